The van der Waals surface area contributed by atoms with Crippen LogP contribution in [0.4, 0.5) is 11.6 Å². The number of hydrogen-bond donors (Lipinski definition) is 6. The molecule has 2 unspecified atom stereocenters. The van der Waals surface area contributed by atoms with Crippen molar-refractivity contribution in [2.75, 3.05) is 37.7 Å². The van der Waals surface area contributed by atoms with Crippen LogP contribution in [0.15, 0.2) is 42.5 Å². The molecule has 0 radical (unpaired) electrons. The molecule has 3 rings (SSSR count). The van der Waals surface area contributed by atoms with Gasteiger partial charge in [-0.1, -0.05) is 36.4 Å². The van der Waals surface area contributed by atoms with E-state index in [1.165, 1.54) is 0 Å². The molecule has 0 bridgehead atoms. The van der Waals surface area contributed by atoms with Gasteiger partial charge >= 0.3 is 0 Å². The summed E-state index contributed by atoms with van der Waals surface area (Å²) in [6.45, 7) is 1.07. The van der Waals surface area contributed by atoms with Crippen molar-refractivity contribution in [1.29, 1.82) is 0 Å². The second kappa shape index (κ2) is 12.2. The number of nitrogen functional groups attached to an aromatic ring is 2. The Labute approximate surface area is 207 Å². The van der Waals surface area contributed by atoms with E-state index in [0.717, 1.165) is 10.8 Å². The molecule has 0 fully saturated rings. The molecule has 0 aliphatic rings. The van der Waals surface area contributed by atoms with E-state index in [2.05, 4.69) is 20.6 Å². The zero-order valence-corrected chi connectivity index (χ0v) is 19.7. The zero-order chi connectivity index (χ0) is 25.4. The number of amides is 2. The van der Waals surface area contributed by atoms with Crippen LogP contribution in [0.25, 0.3) is 10.8 Å². The van der Waals surface area contributed by atoms with Crippen molar-refractivity contribution in [3.8, 4) is 5.75 Å². The zero-order valence-electron chi connectivity index (χ0n) is 18.9. The molecule has 2 amide bonds. The Morgan fingerprint density at radius 3 is 2.57 bits per heavy atom. The van der Waals surface area contributed by atoms with Gasteiger partial charge in [-0.3, -0.25) is 9.59 Å². The molecule has 12 heteroatoms. The summed E-state index contributed by atoms with van der Waals surface area (Å²) in [6, 6.07) is 13.6. The van der Waals surface area contributed by atoms with Crippen LogP contribution < -0.4 is 32.6 Å². The first-order valence-electron chi connectivity index (χ1n) is 10.9. The average Bonchev–Trinajstić information content (AvgIpc) is 2.83. The molecular formula is C23H28ClN7O4. The minimum atomic E-state index is -1.00. The normalized spacial score (nSPS) is 12.7. The minimum absolute atomic E-state index is 0.0349. The van der Waals surface area contributed by atoms with Crippen molar-refractivity contribution in [3.63, 3.8) is 0 Å². The number of aliphatic hydroxyl groups is 1. The number of carbonyl (C=O) groups excluding carboxylic acids is 2. The third-order valence-electron chi connectivity index (χ3n) is 5.08. The van der Waals surface area contributed by atoms with Crippen molar-refractivity contribution in [2.45, 2.75) is 17.9 Å². The number of nitrogens with zero attached hydrogens (tertiary/aromatic N) is 2. The maximum absolute atomic E-state index is 12.3. The van der Waals surface area contributed by atoms with Crippen molar-refractivity contribution >= 4 is 45.8 Å². The van der Waals surface area contributed by atoms with Gasteiger partial charge in [0, 0.05) is 31.4 Å². The number of primary amides is 1. The van der Waals surface area contributed by atoms with Crippen molar-refractivity contribution in [3.05, 3.63) is 53.9 Å². The number of carbonyl (C=O) groups is 2. The van der Waals surface area contributed by atoms with Crippen LogP contribution in [0.1, 0.15) is 16.2 Å². The fraction of sp³-hybridized carbons (Fsp3) is 0.304. The second-order valence-electron chi connectivity index (χ2n) is 7.76. The number of nitrogens with two attached hydrogens (primary N) is 3. The number of aromatic nitrogens is 2. The third-order valence-corrected chi connectivity index (χ3v) is 5.43. The molecule has 35 heavy (non-hydrogen) atoms. The number of ether oxygens (including phenoxy) is 1. The molecule has 2 atom stereocenters. The highest BCUT2D eigenvalue weighted by Gasteiger charge is 2.21. The first-order chi connectivity index (χ1) is 16.8. The van der Waals surface area contributed by atoms with E-state index in [-0.39, 0.29) is 49.1 Å². The van der Waals surface area contributed by atoms with E-state index < -0.39 is 23.3 Å². The Morgan fingerprint density at radius 2 is 1.80 bits per heavy atom. The summed E-state index contributed by atoms with van der Waals surface area (Å²) < 4.78 is 5.77. The number of halogens is 1. The van der Waals surface area contributed by atoms with Crippen LogP contribution >= 0.6 is 11.6 Å². The van der Waals surface area contributed by atoms with Crippen molar-refractivity contribution < 1.29 is 19.4 Å². The Balaban J connectivity index is 1.37. The molecule has 0 saturated heterocycles. The fourth-order valence-corrected chi connectivity index (χ4v) is 3.53. The first kappa shape index (κ1) is 25.9. The van der Waals surface area contributed by atoms with Gasteiger partial charge in [0.25, 0.3) is 5.91 Å². The lowest BCUT2D eigenvalue weighted by Gasteiger charge is -2.15. The smallest absolute Gasteiger partial charge is 0.271 e. The standard InChI is InChI=1S/C23H28ClN7O4/c24-16(10-17-20(25)31-21(26)19(30-17)22(27)33)23(34)29-9-8-28-11-14(32)12-35-18-7-3-5-13-4-1-2-6-15(13)18/h1-7,14,16,28,32H,8-12H2,(H2,27,33)(H,29,34)(H4,25,26,31). The van der Waals surface area contributed by atoms with Crippen molar-refractivity contribution in [1.82, 2.24) is 20.6 Å². The Morgan fingerprint density at radius 1 is 1.06 bits per heavy atom. The molecular weight excluding hydrogens is 474 g/mol. The summed E-state index contributed by atoms with van der Waals surface area (Å²) in [5.74, 6) is -0.830. The van der Waals surface area contributed by atoms with E-state index in [1.54, 1.807) is 0 Å². The third kappa shape index (κ3) is 7.15. The number of alkyl halides is 1. The summed E-state index contributed by atoms with van der Waals surface area (Å²) in [5.41, 5.74) is 16.4. The molecule has 0 spiro atoms. The van der Waals surface area contributed by atoms with Crippen molar-refractivity contribution in [2.24, 2.45) is 5.73 Å². The maximum atomic E-state index is 12.3. The van der Waals surface area contributed by atoms with E-state index in [0.29, 0.717) is 12.3 Å². The highest BCUT2D eigenvalue weighted by Crippen LogP contribution is 2.25. The van der Waals surface area contributed by atoms with E-state index in [9.17, 15) is 14.7 Å². The second-order valence-corrected chi connectivity index (χ2v) is 8.29. The largest absolute Gasteiger partial charge is 0.490 e. The number of anilines is 2. The maximum Gasteiger partial charge on any atom is 0.271 e. The Kier molecular flexibility index (Phi) is 9.01. The minimum Gasteiger partial charge on any atom is -0.490 e. The summed E-state index contributed by atoms with van der Waals surface area (Å²) in [5, 5.41) is 16.9. The highest BCUT2D eigenvalue weighted by atomic mass is 35.5. The predicted octanol–water partition coefficient (Wildman–Crippen LogP) is 0.189. The predicted molar refractivity (Wildman–Crippen MR) is 134 cm³/mol. The number of hydrogen-bond acceptors (Lipinski definition) is 9. The van der Waals surface area contributed by atoms with Crippen LogP contribution in [-0.2, 0) is 11.2 Å². The molecule has 3 aromatic rings. The number of fused-ring (bicyclic) bond motifs is 1. The number of nitrogens with one attached hydrogen (secondary N) is 2. The van der Waals surface area contributed by atoms with Gasteiger partial charge in [-0.05, 0) is 11.5 Å². The molecule has 1 heterocycles. The number of aliphatic hydroxyl groups excluding tert-OH is 1. The van der Waals surface area contributed by atoms with Crippen LogP contribution in [0.2, 0.25) is 0 Å². The summed E-state index contributed by atoms with van der Waals surface area (Å²) >= 11 is 6.15. The first-order valence-corrected chi connectivity index (χ1v) is 11.3. The highest BCUT2D eigenvalue weighted by molar-refractivity contribution is 6.30. The quantitative estimate of drug-likeness (QED) is 0.148. The summed E-state index contributed by atoms with van der Waals surface area (Å²) in [4.78, 5) is 31.4. The monoisotopic (exact) mass is 501 g/mol. The van der Waals surface area contributed by atoms with E-state index >= 15 is 0 Å². The number of rotatable bonds is 12. The van der Waals surface area contributed by atoms with Gasteiger partial charge in [-0.25, -0.2) is 9.97 Å². The Bertz CT molecular complexity index is 1190. The van der Waals surface area contributed by atoms with Gasteiger partial charge in [0.15, 0.2) is 11.5 Å². The summed E-state index contributed by atoms with van der Waals surface area (Å²) in [7, 11) is 0. The van der Waals surface area contributed by atoms with Gasteiger partial charge < -0.3 is 37.7 Å². The Hall–Kier alpha value is -3.67. The topological polar surface area (TPSA) is 192 Å². The van der Waals surface area contributed by atoms with Crippen LogP contribution in [0, 0.1) is 0 Å². The molecule has 9 N–H and O–H groups in total. The molecule has 0 aliphatic heterocycles. The van der Waals surface area contributed by atoms with E-state index in [4.69, 9.17) is 33.5 Å². The lowest BCUT2D eigenvalue weighted by atomic mass is 10.1. The van der Waals surface area contributed by atoms with Crippen LogP contribution in [0.5, 0.6) is 5.75 Å². The number of benzene rings is 2. The van der Waals surface area contributed by atoms with Crippen LogP contribution in [-0.4, -0.2) is 64.6 Å². The van der Waals surface area contributed by atoms with Gasteiger partial charge in [-0.2, -0.15) is 0 Å². The molecule has 11 nitrogen and oxygen atoms in total. The van der Waals surface area contributed by atoms with Gasteiger partial charge in [-0.15, -0.1) is 11.6 Å². The molecule has 186 valence electrons. The SMILES string of the molecule is NC(=O)c1nc(CC(Cl)C(=O)NCCNCC(O)COc2cccc3ccccc23)c(N)nc1N. The fourth-order valence-electron chi connectivity index (χ4n) is 3.31. The lowest BCUT2D eigenvalue weighted by molar-refractivity contribution is -0.120. The molecule has 0 aliphatic carbocycles. The van der Waals surface area contributed by atoms with Gasteiger partial charge in [0.1, 0.15) is 29.7 Å². The average molecular weight is 502 g/mol. The lowest BCUT2D eigenvalue weighted by Crippen LogP contribution is -2.39. The van der Waals surface area contributed by atoms with Gasteiger partial charge in [0.2, 0.25) is 5.91 Å². The molecule has 0 saturated carbocycles. The van der Waals surface area contributed by atoms with Crippen LogP contribution in [0.3, 0.4) is 0 Å². The molecule has 2 aromatic carbocycles. The van der Waals surface area contributed by atoms with E-state index in [1.807, 2.05) is 42.5 Å². The van der Waals surface area contributed by atoms with Gasteiger partial charge in [0.05, 0.1) is 5.69 Å². The molecule has 1 aromatic heterocycles. The summed E-state index contributed by atoms with van der Waals surface area (Å²) in [6.07, 6.45) is -0.804.